The summed E-state index contributed by atoms with van der Waals surface area (Å²) < 4.78 is 4.71. The number of benzene rings is 1. The van der Waals surface area contributed by atoms with Crippen LogP contribution in [0.1, 0.15) is 11.0 Å². The molecule has 0 saturated carbocycles. The molecule has 2 aromatic rings. The Kier molecular flexibility index (Phi) is 5.61. The van der Waals surface area contributed by atoms with E-state index in [4.69, 9.17) is 16.3 Å². The van der Waals surface area contributed by atoms with Gasteiger partial charge in [-0.15, -0.1) is 11.3 Å². The third kappa shape index (κ3) is 4.20. The van der Waals surface area contributed by atoms with Gasteiger partial charge in [-0.3, -0.25) is 4.79 Å². The third-order valence-electron chi connectivity index (χ3n) is 3.01. The van der Waals surface area contributed by atoms with Crippen molar-refractivity contribution in [3.8, 4) is 0 Å². The van der Waals surface area contributed by atoms with Crippen LogP contribution in [-0.2, 0) is 9.53 Å². The normalized spacial score (nSPS) is 12.0. The van der Waals surface area contributed by atoms with Gasteiger partial charge in [0.25, 0.3) is 0 Å². The predicted molar refractivity (Wildman–Crippen MR) is 85.0 cm³/mol. The van der Waals surface area contributed by atoms with E-state index in [1.807, 2.05) is 35.7 Å². The largest absolute Gasteiger partial charge is 0.468 e. The zero-order valence-electron chi connectivity index (χ0n) is 11.5. The van der Waals surface area contributed by atoms with Gasteiger partial charge in [0.1, 0.15) is 12.6 Å². The van der Waals surface area contributed by atoms with Crippen molar-refractivity contribution in [1.29, 1.82) is 0 Å². The molecule has 112 valence electrons. The molecule has 1 unspecified atom stereocenters. The lowest BCUT2D eigenvalue weighted by molar-refractivity contribution is -0.139. The van der Waals surface area contributed by atoms with E-state index in [-0.39, 0.29) is 19.1 Å². The summed E-state index contributed by atoms with van der Waals surface area (Å²) >= 11 is 7.65. The van der Waals surface area contributed by atoms with Crippen LogP contribution < -0.4 is 4.90 Å². The van der Waals surface area contributed by atoms with Gasteiger partial charge in [0.15, 0.2) is 0 Å². The van der Waals surface area contributed by atoms with E-state index in [1.54, 1.807) is 11.0 Å². The molecule has 0 bridgehead atoms. The van der Waals surface area contributed by atoms with Crippen molar-refractivity contribution in [2.45, 2.75) is 6.10 Å². The Labute approximate surface area is 132 Å². The molecule has 0 aliphatic rings. The number of hydrogen-bond acceptors (Lipinski definition) is 5. The number of nitrogens with zero attached hydrogens (tertiary/aromatic N) is 1. The van der Waals surface area contributed by atoms with Gasteiger partial charge in [-0.05, 0) is 23.6 Å². The first-order chi connectivity index (χ1) is 10.1. The predicted octanol–water partition coefficient (Wildman–Crippen LogP) is 3.11. The molecule has 1 aromatic heterocycles. The van der Waals surface area contributed by atoms with Gasteiger partial charge < -0.3 is 14.7 Å². The van der Waals surface area contributed by atoms with Crippen molar-refractivity contribution in [3.05, 3.63) is 51.7 Å². The molecule has 2 rings (SSSR count). The summed E-state index contributed by atoms with van der Waals surface area (Å²) in [5, 5.41) is 12.7. The first-order valence-corrected chi connectivity index (χ1v) is 7.65. The molecule has 1 aromatic carbocycles. The Hall–Kier alpha value is -1.56. The molecule has 6 heteroatoms. The Morgan fingerprint density at radius 1 is 1.38 bits per heavy atom. The summed E-state index contributed by atoms with van der Waals surface area (Å²) in [7, 11) is 1.34. The van der Waals surface area contributed by atoms with E-state index in [2.05, 4.69) is 0 Å². The molecule has 21 heavy (non-hydrogen) atoms. The maximum atomic E-state index is 11.6. The van der Waals surface area contributed by atoms with Crippen LogP contribution in [-0.4, -0.2) is 31.3 Å². The average Bonchev–Trinajstić information content (AvgIpc) is 3.01. The van der Waals surface area contributed by atoms with Crippen LogP contribution in [0, 0.1) is 0 Å². The molecule has 0 fully saturated rings. The second kappa shape index (κ2) is 7.45. The molecule has 1 atom stereocenters. The number of esters is 1. The molecular weight excluding hydrogens is 310 g/mol. The quantitative estimate of drug-likeness (QED) is 0.829. The minimum absolute atomic E-state index is 0.0304. The zero-order chi connectivity index (χ0) is 15.2. The van der Waals surface area contributed by atoms with Gasteiger partial charge in [0.2, 0.25) is 0 Å². The summed E-state index contributed by atoms with van der Waals surface area (Å²) in [5.41, 5.74) is 0.695. The minimum atomic E-state index is -0.689. The topological polar surface area (TPSA) is 49.8 Å². The molecule has 0 aliphatic heterocycles. The molecule has 4 nitrogen and oxygen atoms in total. The number of anilines is 1. The number of ether oxygens (including phenoxy) is 1. The number of thiophene rings is 1. The Morgan fingerprint density at radius 2 is 2.14 bits per heavy atom. The van der Waals surface area contributed by atoms with Crippen molar-refractivity contribution < 1.29 is 14.6 Å². The van der Waals surface area contributed by atoms with Gasteiger partial charge in [-0.25, -0.2) is 0 Å². The average molecular weight is 326 g/mol. The number of rotatable bonds is 6. The highest BCUT2D eigenvalue weighted by atomic mass is 35.5. The summed E-state index contributed by atoms with van der Waals surface area (Å²) in [6, 6.07) is 11.0. The van der Waals surface area contributed by atoms with Crippen molar-refractivity contribution in [2.24, 2.45) is 0 Å². The fraction of sp³-hybridized carbons (Fsp3) is 0.267. The standard InChI is InChI=1S/C15H16ClNO3S/c1-20-15(19)10-17(12-6-3-2-5-11(12)16)9-13(18)14-7-4-8-21-14/h2-8,13,18H,9-10H2,1H3. The maximum Gasteiger partial charge on any atom is 0.325 e. The van der Waals surface area contributed by atoms with Crippen LogP contribution in [0.4, 0.5) is 5.69 Å². The van der Waals surface area contributed by atoms with E-state index in [0.717, 1.165) is 4.88 Å². The summed E-state index contributed by atoms with van der Waals surface area (Å²) in [6.45, 7) is 0.294. The summed E-state index contributed by atoms with van der Waals surface area (Å²) in [6.07, 6.45) is -0.689. The number of carbonyl (C=O) groups is 1. The maximum absolute atomic E-state index is 11.6. The summed E-state index contributed by atoms with van der Waals surface area (Å²) in [5.74, 6) is -0.381. The molecule has 0 aliphatic carbocycles. The van der Waals surface area contributed by atoms with Crippen molar-refractivity contribution >= 4 is 34.6 Å². The third-order valence-corrected chi connectivity index (χ3v) is 4.30. The van der Waals surface area contributed by atoms with Gasteiger partial charge >= 0.3 is 5.97 Å². The highest BCUT2D eigenvalue weighted by Gasteiger charge is 2.19. The molecular formula is C15H16ClNO3S. The minimum Gasteiger partial charge on any atom is -0.468 e. The smallest absolute Gasteiger partial charge is 0.325 e. The van der Waals surface area contributed by atoms with Gasteiger partial charge in [0.05, 0.1) is 17.8 Å². The zero-order valence-corrected chi connectivity index (χ0v) is 13.1. The lowest BCUT2D eigenvalue weighted by atomic mass is 10.2. The van der Waals surface area contributed by atoms with Crippen LogP contribution in [0.5, 0.6) is 0 Å². The number of halogens is 1. The molecule has 1 N–H and O–H groups in total. The number of para-hydroxylation sites is 1. The van der Waals surface area contributed by atoms with Crippen LogP contribution in [0.25, 0.3) is 0 Å². The molecule has 1 heterocycles. The fourth-order valence-corrected chi connectivity index (χ4v) is 2.91. The lowest BCUT2D eigenvalue weighted by Gasteiger charge is -2.26. The second-order valence-electron chi connectivity index (χ2n) is 4.44. The number of methoxy groups -OCH3 is 1. The number of carbonyl (C=O) groups excluding carboxylic acids is 1. The lowest BCUT2D eigenvalue weighted by Crippen LogP contribution is -2.34. The van der Waals surface area contributed by atoms with E-state index < -0.39 is 6.10 Å². The van der Waals surface area contributed by atoms with E-state index in [0.29, 0.717) is 10.7 Å². The Balaban J connectivity index is 2.20. The second-order valence-corrected chi connectivity index (χ2v) is 5.83. The molecule has 0 saturated heterocycles. The number of hydrogen-bond donors (Lipinski definition) is 1. The Morgan fingerprint density at radius 3 is 2.76 bits per heavy atom. The molecule has 0 spiro atoms. The molecule has 0 amide bonds. The number of aliphatic hydroxyl groups is 1. The SMILES string of the molecule is COC(=O)CN(CC(O)c1cccs1)c1ccccc1Cl. The fourth-order valence-electron chi connectivity index (χ4n) is 1.96. The van der Waals surface area contributed by atoms with Crippen LogP contribution in [0.15, 0.2) is 41.8 Å². The summed E-state index contributed by atoms with van der Waals surface area (Å²) in [4.78, 5) is 14.2. The first-order valence-electron chi connectivity index (χ1n) is 6.39. The van der Waals surface area contributed by atoms with Gasteiger partial charge in [-0.1, -0.05) is 29.8 Å². The van der Waals surface area contributed by atoms with E-state index >= 15 is 0 Å². The van der Waals surface area contributed by atoms with Crippen molar-refractivity contribution in [2.75, 3.05) is 25.1 Å². The van der Waals surface area contributed by atoms with Crippen LogP contribution >= 0.6 is 22.9 Å². The van der Waals surface area contributed by atoms with E-state index in [1.165, 1.54) is 18.4 Å². The monoisotopic (exact) mass is 325 g/mol. The van der Waals surface area contributed by atoms with Gasteiger partial charge in [0, 0.05) is 11.4 Å². The van der Waals surface area contributed by atoms with Crippen molar-refractivity contribution in [3.63, 3.8) is 0 Å². The van der Waals surface area contributed by atoms with Crippen LogP contribution in [0.3, 0.4) is 0 Å². The van der Waals surface area contributed by atoms with Crippen molar-refractivity contribution in [1.82, 2.24) is 0 Å². The van der Waals surface area contributed by atoms with Gasteiger partial charge in [-0.2, -0.15) is 0 Å². The van der Waals surface area contributed by atoms with Crippen LogP contribution in [0.2, 0.25) is 5.02 Å². The Bertz CT molecular complexity index is 588. The first kappa shape index (κ1) is 15.8. The number of aliphatic hydroxyl groups excluding tert-OH is 1. The highest BCUT2D eigenvalue weighted by molar-refractivity contribution is 7.10. The van der Waals surface area contributed by atoms with E-state index in [9.17, 15) is 9.90 Å². The molecule has 0 radical (unpaired) electrons. The highest BCUT2D eigenvalue weighted by Crippen LogP contribution is 2.28.